The fourth-order valence-corrected chi connectivity index (χ4v) is 4.90. The Bertz CT molecular complexity index is 1030. The first kappa shape index (κ1) is 24.5. The summed E-state index contributed by atoms with van der Waals surface area (Å²) >= 11 is 0. The van der Waals surface area contributed by atoms with Gasteiger partial charge in [-0.3, -0.25) is 24.1 Å². The Morgan fingerprint density at radius 1 is 1.20 bits per heavy atom. The number of benzene rings is 1. The van der Waals surface area contributed by atoms with Crippen molar-refractivity contribution in [2.45, 2.75) is 50.7 Å². The smallest absolute Gasteiger partial charge is 0.326 e. The summed E-state index contributed by atoms with van der Waals surface area (Å²) in [5.74, 6) is -1.36. The summed E-state index contributed by atoms with van der Waals surface area (Å²) in [5.41, 5.74) is -0.502. The lowest BCUT2D eigenvalue weighted by Crippen LogP contribution is -2.51. The molecule has 1 spiro atoms. The van der Waals surface area contributed by atoms with E-state index >= 15 is 0 Å². The minimum absolute atomic E-state index is 0.0542. The number of ether oxygens (including phenoxy) is 2. The number of amides is 5. The second kappa shape index (κ2) is 9.93. The molecule has 0 bridgehead atoms. The van der Waals surface area contributed by atoms with E-state index in [1.165, 1.54) is 11.9 Å². The molecule has 2 N–H and O–H groups in total. The van der Waals surface area contributed by atoms with E-state index in [9.17, 15) is 24.0 Å². The molecule has 0 aromatic heterocycles. The molecule has 2 fully saturated rings. The molecule has 35 heavy (non-hydrogen) atoms. The van der Waals surface area contributed by atoms with Crippen LogP contribution in [0.2, 0.25) is 0 Å². The summed E-state index contributed by atoms with van der Waals surface area (Å²) in [6.07, 6.45) is 2.88. The number of nitrogens with zero attached hydrogens (tertiary/aromatic N) is 2. The normalized spacial score (nSPS) is 25.5. The topological polar surface area (TPSA) is 134 Å². The van der Waals surface area contributed by atoms with Crippen LogP contribution in [0.4, 0.5) is 10.5 Å². The van der Waals surface area contributed by atoms with Crippen LogP contribution < -0.4 is 20.3 Å². The van der Waals surface area contributed by atoms with Gasteiger partial charge in [0.25, 0.3) is 17.7 Å². The highest BCUT2D eigenvalue weighted by Crippen LogP contribution is 2.37. The molecule has 1 saturated heterocycles. The fourth-order valence-electron chi connectivity index (χ4n) is 4.90. The van der Waals surface area contributed by atoms with Crippen LogP contribution in [-0.4, -0.2) is 73.0 Å². The molecule has 1 aromatic rings. The monoisotopic (exact) mass is 486 g/mol. The summed E-state index contributed by atoms with van der Waals surface area (Å²) in [5, 5.41) is 5.26. The molecular weight excluding hydrogens is 456 g/mol. The molecule has 5 amide bonds. The van der Waals surface area contributed by atoms with Crippen molar-refractivity contribution in [2.75, 3.05) is 31.6 Å². The SMILES string of the molecule is CCC1CCC2(CC1)NC(=O)N(CC(=O)OCC(=O)N1CC(C(=O)NC)Oc3ccccc31)C2=O. The molecular formula is C24H30N4O7. The van der Waals surface area contributed by atoms with Crippen molar-refractivity contribution in [1.29, 1.82) is 0 Å². The number of carbonyl (C=O) groups excluding carboxylic acids is 5. The Labute approximate surface area is 203 Å². The number of para-hydroxylation sites is 2. The Morgan fingerprint density at radius 3 is 2.60 bits per heavy atom. The van der Waals surface area contributed by atoms with Crippen molar-refractivity contribution in [3.8, 4) is 5.75 Å². The van der Waals surface area contributed by atoms with Crippen molar-refractivity contribution in [3.63, 3.8) is 0 Å². The predicted molar refractivity (Wildman–Crippen MR) is 123 cm³/mol. The number of carbonyl (C=O) groups is 5. The molecule has 1 unspecified atom stereocenters. The van der Waals surface area contributed by atoms with Crippen molar-refractivity contribution in [1.82, 2.24) is 15.5 Å². The zero-order valence-corrected chi connectivity index (χ0v) is 19.9. The molecule has 0 radical (unpaired) electrons. The van der Waals surface area contributed by atoms with Gasteiger partial charge in [0.15, 0.2) is 12.7 Å². The zero-order chi connectivity index (χ0) is 25.2. The third-order valence-electron chi connectivity index (χ3n) is 7.04. The number of imide groups is 1. The molecule has 1 aromatic carbocycles. The van der Waals surface area contributed by atoms with Crippen LogP contribution in [0.3, 0.4) is 0 Å². The Balaban J connectivity index is 1.36. The number of hydrogen-bond donors (Lipinski definition) is 2. The van der Waals surface area contributed by atoms with Gasteiger partial charge in [-0.1, -0.05) is 25.5 Å². The molecule has 11 nitrogen and oxygen atoms in total. The average molecular weight is 487 g/mol. The molecule has 1 aliphatic carbocycles. The average Bonchev–Trinajstić information content (AvgIpc) is 3.10. The van der Waals surface area contributed by atoms with E-state index in [1.807, 2.05) is 0 Å². The minimum atomic E-state index is -0.953. The third-order valence-corrected chi connectivity index (χ3v) is 7.04. The van der Waals surface area contributed by atoms with Crippen molar-refractivity contribution >= 4 is 35.4 Å². The van der Waals surface area contributed by atoms with Gasteiger partial charge < -0.3 is 25.0 Å². The number of hydrogen-bond acceptors (Lipinski definition) is 7. The highest BCUT2D eigenvalue weighted by Gasteiger charge is 2.52. The largest absolute Gasteiger partial charge is 0.477 e. The van der Waals surface area contributed by atoms with Crippen LogP contribution in [0.25, 0.3) is 0 Å². The molecule has 2 heterocycles. The number of esters is 1. The van der Waals surface area contributed by atoms with Gasteiger partial charge in [-0.15, -0.1) is 0 Å². The number of urea groups is 1. The molecule has 2 aliphatic heterocycles. The van der Waals surface area contributed by atoms with Crippen LogP contribution in [0.15, 0.2) is 24.3 Å². The quantitative estimate of drug-likeness (QED) is 0.452. The van der Waals surface area contributed by atoms with Gasteiger partial charge >= 0.3 is 12.0 Å². The van der Waals surface area contributed by atoms with Crippen LogP contribution >= 0.6 is 0 Å². The van der Waals surface area contributed by atoms with E-state index in [0.717, 1.165) is 24.2 Å². The van der Waals surface area contributed by atoms with Gasteiger partial charge in [0.05, 0.1) is 12.2 Å². The second-order valence-corrected chi connectivity index (χ2v) is 9.11. The molecule has 188 valence electrons. The first-order valence-electron chi connectivity index (χ1n) is 11.9. The maximum absolute atomic E-state index is 13.0. The second-order valence-electron chi connectivity index (χ2n) is 9.11. The zero-order valence-electron chi connectivity index (χ0n) is 19.9. The van der Waals surface area contributed by atoms with E-state index in [4.69, 9.17) is 9.47 Å². The van der Waals surface area contributed by atoms with Crippen LogP contribution in [0.5, 0.6) is 5.75 Å². The van der Waals surface area contributed by atoms with E-state index in [0.29, 0.717) is 30.2 Å². The molecule has 1 atom stereocenters. The first-order chi connectivity index (χ1) is 16.8. The number of rotatable bonds is 6. The Morgan fingerprint density at radius 2 is 1.91 bits per heavy atom. The summed E-state index contributed by atoms with van der Waals surface area (Å²) in [7, 11) is 1.47. The number of likely N-dealkylation sites (N-methyl/N-ethyl adjacent to an activating group) is 1. The summed E-state index contributed by atoms with van der Waals surface area (Å²) in [4.78, 5) is 65.1. The van der Waals surface area contributed by atoms with Gasteiger partial charge in [-0.25, -0.2) is 4.79 Å². The molecule has 3 aliphatic rings. The fraction of sp³-hybridized carbons (Fsp3) is 0.542. The maximum atomic E-state index is 13.0. The highest BCUT2D eigenvalue weighted by atomic mass is 16.5. The molecule has 4 rings (SSSR count). The van der Waals surface area contributed by atoms with E-state index < -0.39 is 54.5 Å². The summed E-state index contributed by atoms with van der Waals surface area (Å²) < 4.78 is 10.8. The van der Waals surface area contributed by atoms with Gasteiger partial charge in [-0.05, 0) is 43.7 Å². The lowest BCUT2D eigenvalue weighted by molar-refractivity contribution is -0.151. The van der Waals surface area contributed by atoms with E-state index in [-0.39, 0.29) is 6.54 Å². The summed E-state index contributed by atoms with van der Waals surface area (Å²) in [6.45, 7) is 0.870. The van der Waals surface area contributed by atoms with Crippen LogP contribution in [0.1, 0.15) is 39.0 Å². The van der Waals surface area contributed by atoms with Crippen LogP contribution in [0, 0.1) is 5.92 Å². The lowest BCUT2D eigenvalue weighted by atomic mass is 9.75. The Kier molecular flexibility index (Phi) is 6.95. The molecule has 11 heteroatoms. The lowest BCUT2D eigenvalue weighted by Gasteiger charge is -2.34. The van der Waals surface area contributed by atoms with Crippen molar-refractivity contribution in [3.05, 3.63) is 24.3 Å². The Hall–Kier alpha value is -3.63. The predicted octanol–water partition coefficient (Wildman–Crippen LogP) is 0.961. The van der Waals surface area contributed by atoms with Gasteiger partial charge in [0.1, 0.15) is 17.8 Å². The van der Waals surface area contributed by atoms with E-state index in [2.05, 4.69) is 17.6 Å². The minimum Gasteiger partial charge on any atom is -0.477 e. The first-order valence-corrected chi connectivity index (χ1v) is 11.9. The molecule has 1 saturated carbocycles. The van der Waals surface area contributed by atoms with Crippen molar-refractivity contribution < 1.29 is 33.4 Å². The number of fused-ring (bicyclic) bond motifs is 1. The van der Waals surface area contributed by atoms with Gasteiger partial charge in [-0.2, -0.15) is 0 Å². The number of anilines is 1. The summed E-state index contributed by atoms with van der Waals surface area (Å²) in [6, 6.07) is 6.11. The highest BCUT2D eigenvalue weighted by molar-refractivity contribution is 6.09. The third kappa shape index (κ3) is 4.80. The van der Waals surface area contributed by atoms with Crippen LogP contribution in [-0.2, 0) is 23.9 Å². The van der Waals surface area contributed by atoms with Gasteiger partial charge in [0, 0.05) is 7.05 Å². The maximum Gasteiger partial charge on any atom is 0.326 e. The standard InChI is InChI=1S/C24H30N4O7/c1-3-15-8-10-24(11-9-15)22(32)28(23(33)26-24)13-20(30)34-14-19(29)27-12-18(21(31)25-2)35-17-7-5-4-6-16(17)27/h4-7,15,18H,3,8-14H2,1-2H3,(H,25,31)(H,26,33). The van der Waals surface area contributed by atoms with Crippen molar-refractivity contribution in [2.24, 2.45) is 5.92 Å². The van der Waals surface area contributed by atoms with E-state index in [1.54, 1.807) is 24.3 Å². The van der Waals surface area contributed by atoms with Gasteiger partial charge in [0.2, 0.25) is 0 Å². The number of nitrogens with one attached hydrogen (secondary N) is 2.